The highest BCUT2D eigenvalue weighted by Crippen LogP contribution is 2.30. The molecule has 0 N–H and O–H groups in total. The molecule has 1 aromatic carbocycles. The lowest BCUT2D eigenvalue weighted by atomic mass is 10.1. The molecule has 0 aliphatic heterocycles. The first-order chi connectivity index (χ1) is 8.18. The fourth-order valence-corrected chi connectivity index (χ4v) is 2.41. The minimum Gasteiger partial charge on any atom is -0.323 e. The molecular weight excluding hydrogens is 210 g/mol. The van der Waals surface area contributed by atoms with Crippen molar-refractivity contribution in [3.8, 4) is 0 Å². The van der Waals surface area contributed by atoms with Gasteiger partial charge in [0.2, 0.25) is 0 Å². The summed E-state index contributed by atoms with van der Waals surface area (Å²) in [4.78, 5) is 8.55. The number of benzene rings is 1. The van der Waals surface area contributed by atoms with Gasteiger partial charge < -0.3 is 4.57 Å². The van der Waals surface area contributed by atoms with Crippen LogP contribution in [-0.4, -0.2) is 14.5 Å². The zero-order chi connectivity index (χ0) is 12.0. The highest BCUT2D eigenvalue weighted by atomic mass is 15.1. The molecule has 0 bridgehead atoms. The first-order valence-corrected chi connectivity index (χ1v) is 5.89. The number of aromatic nitrogens is 3. The predicted molar refractivity (Wildman–Crippen MR) is 70.2 cm³/mol. The molecule has 3 heteroatoms. The van der Waals surface area contributed by atoms with Gasteiger partial charge in [0, 0.05) is 23.0 Å². The molecule has 86 valence electrons. The average Bonchev–Trinajstić information content (AvgIpc) is 2.62. The predicted octanol–water partition coefficient (Wildman–Crippen LogP) is 3.47. The van der Waals surface area contributed by atoms with Gasteiger partial charge in [-0.05, 0) is 32.4 Å². The Morgan fingerprint density at radius 2 is 2.00 bits per heavy atom. The topological polar surface area (TPSA) is 30.7 Å². The molecule has 0 radical (unpaired) electrons. The highest BCUT2D eigenvalue weighted by molar-refractivity contribution is 6.06. The molecule has 0 spiro atoms. The SMILES string of the molecule is Cc1ccc2c3cncnc3n(C(C)C)c2c1. The van der Waals surface area contributed by atoms with Crippen LogP contribution in [0.2, 0.25) is 0 Å². The molecule has 0 saturated heterocycles. The van der Waals surface area contributed by atoms with Gasteiger partial charge in [0.05, 0.1) is 5.52 Å². The summed E-state index contributed by atoms with van der Waals surface area (Å²) in [7, 11) is 0. The van der Waals surface area contributed by atoms with Crippen LogP contribution >= 0.6 is 0 Å². The summed E-state index contributed by atoms with van der Waals surface area (Å²) in [6, 6.07) is 6.91. The van der Waals surface area contributed by atoms with Crippen molar-refractivity contribution in [1.29, 1.82) is 0 Å². The summed E-state index contributed by atoms with van der Waals surface area (Å²) in [6.07, 6.45) is 3.52. The van der Waals surface area contributed by atoms with E-state index in [1.165, 1.54) is 16.5 Å². The molecule has 0 saturated carbocycles. The Kier molecular flexibility index (Phi) is 2.15. The van der Waals surface area contributed by atoms with Gasteiger partial charge in [-0.25, -0.2) is 9.97 Å². The number of hydrogen-bond donors (Lipinski definition) is 0. The second-order valence-electron chi connectivity index (χ2n) is 4.74. The quantitative estimate of drug-likeness (QED) is 0.635. The van der Waals surface area contributed by atoms with Crippen LogP contribution < -0.4 is 0 Å². The smallest absolute Gasteiger partial charge is 0.144 e. The van der Waals surface area contributed by atoms with Crippen molar-refractivity contribution < 1.29 is 0 Å². The minimum atomic E-state index is 0.395. The third-order valence-corrected chi connectivity index (χ3v) is 3.14. The first kappa shape index (κ1) is 10.3. The average molecular weight is 225 g/mol. The van der Waals surface area contributed by atoms with E-state index >= 15 is 0 Å². The number of nitrogens with zero attached hydrogens (tertiary/aromatic N) is 3. The van der Waals surface area contributed by atoms with Crippen LogP contribution in [0, 0.1) is 6.92 Å². The monoisotopic (exact) mass is 225 g/mol. The van der Waals surface area contributed by atoms with Crippen LogP contribution in [0.3, 0.4) is 0 Å². The van der Waals surface area contributed by atoms with E-state index in [1.54, 1.807) is 6.33 Å². The Morgan fingerprint density at radius 1 is 1.18 bits per heavy atom. The molecule has 3 aromatic rings. The van der Waals surface area contributed by atoms with E-state index in [0.717, 1.165) is 11.0 Å². The van der Waals surface area contributed by atoms with Gasteiger partial charge in [-0.15, -0.1) is 0 Å². The zero-order valence-corrected chi connectivity index (χ0v) is 10.3. The van der Waals surface area contributed by atoms with Crippen LogP contribution in [0.5, 0.6) is 0 Å². The maximum Gasteiger partial charge on any atom is 0.144 e. The summed E-state index contributed by atoms with van der Waals surface area (Å²) in [5, 5.41) is 2.37. The molecule has 0 aliphatic rings. The Hall–Kier alpha value is -1.90. The van der Waals surface area contributed by atoms with Crippen molar-refractivity contribution in [3.05, 3.63) is 36.3 Å². The molecule has 0 fully saturated rings. The molecule has 17 heavy (non-hydrogen) atoms. The van der Waals surface area contributed by atoms with Crippen molar-refractivity contribution in [2.24, 2.45) is 0 Å². The molecule has 0 aliphatic carbocycles. The van der Waals surface area contributed by atoms with E-state index in [1.807, 2.05) is 6.20 Å². The Morgan fingerprint density at radius 3 is 2.76 bits per heavy atom. The molecule has 0 atom stereocenters. The summed E-state index contributed by atoms with van der Waals surface area (Å²) in [6.45, 7) is 6.49. The van der Waals surface area contributed by atoms with Gasteiger partial charge in [0.25, 0.3) is 0 Å². The second-order valence-corrected chi connectivity index (χ2v) is 4.74. The van der Waals surface area contributed by atoms with Crippen molar-refractivity contribution >= 4 is 21.9 Å². The fraction of sp³-hybridized carbons (Fsp3) is 0.286. The van der Waals surface area contributed by atoms with E-state index in [0.29, 0.717) is 6.04 Å². The second kappa shape index (κ2) is 3.55. The van der Waals surface area contributed by atoms with Crippen molar-refractivity contribution in [3.63, 3.8) is 0 Å². The maximum absolute atomic E-state index is 4.42. The van der Waals surface area contributed by atoms with Gasteiger partial charge >= 0.3 is 0 Å². The molecule has 2 aromatic heterocycles. The summed E-state index contributed by atoms with van der Waals surface area (Å²) in [5.74, 6) is 0. The van der Waals surface area contributed by atoms with Gasteiger partial charge in [-0.1, -0.05) is 12.1 Å². The molecule has 0 unspecified atom stereocenters. The van der Waals surface area contributed by atoms with Gasteiger partial charge in [0.15, 0.2) is 0 Å². The Balaban J connectivity index is 2.57. The van der Waals surface area contributed by atoms with Crippen LogP contribution in [-0.2, 0) is 0 Å². The lowest BCUT2D eigenvalue weighted by Gasteiger charge is -2.10. The summed E-state index contributed by atoms with van der Waals surface area (Å²) >= 11 is 0. The van der Waals surface area contributed by atoms with Gasteiger partial charge in [0.1, 0.15) is 12.0 Å². The third-order valence-electron chi connectivity index (χ3n) is 3.14. The number of aryl methyl sites for hydroxylation is 1. The largest absolute Gasteiger partial charge is 0.323 e. The Labute approximate surface area is 100 Å². The van der Waals surface area contributed by atoms with E-state index in [2.05, 4.69) is 53.5 Å². The number of rotatable bonds is 1. The van der Waals surface area contributed by atoms with Crippen molar-refractivity contribution in [1.82, 2.24) is 14.5 Å². The van der Waals surface area contributed by atoms with Crippen LogP contribution in [0.1, 0.15) is 25.5 Å². The fourth-order valence-electron chi connectivity index (χ4n) is 2.41. The third kappa shape index (κ3) is 1.42. The summed E-state index contributed by atoms with van der Waals surface area (Å²) in [5.41, 5.74) is 3.54. The molecule has 2 heterocycles. The first-order valence-electron chi connectivity index (χ1n) is 5.89. The van der Waals surface area contributed by atoms with Crippen LogP contribution in [0.25, 0.3) is 21.9 Å². The highest BCUT2D eigenvalue weighted by Gasteiger charge is 2.13. The van der Waals surface area contributed by atoms with Gasteiger partial charge in [-0.3, -0.25) is 0 Å². The standard InChI is InChI=1S/C14H15N3/c1-9(2)17-13-6-10(3)4-5-11(13)12-7-15-8-16-14(12)17/h4-9H,1-3H3. The zero-order valence-electron chi connectivity index (χ0n) is 10.3. The lowest BCUT2D eigenvalue weighted by Crippen LogP contribution is -2.01. The van der Waals surface area contributed by atoms with Crippen molar-refractivity contribution in [2.45, 2.75) is 26.8 Å². The normalized spacial score (nSPS) is 11.8. The van der Waals surface area contributed by atoms with E-state index in [-0.39, 0.29) is 0 Å². The van der Waals surface area contributed by atoms with Crippen molar-refractivity contribution in [2.75, 3.05) is 0 Å². The van der Waals surface area contributed by atoms with E-state index in [9.17, 15) is 0 Å². The summed E-state index contributed by atoms with van der Waals surface area (Å²) < 4.78 is 2.28. The molecule has 3 nitrogen and oxygen atoms in total. The Bertz CT molecular complexity index is 695. The molecule has 3 rings (SSSR count). The van der Waals surface area contributed by atoms with Crippen LogP contribution in [0.4, 0.5) is 0 Å². The molecular formula is C14H15N3. The lowest BCUT2D eigenvalue weighted by molar-refractivity contribution is 0.636. The van der Waals surface area contributed by atoms with E-state index < -0.39 is 0 Å². The van der Waals surface area contributed by atoms with Crippen LogP contribution in [0.15, 0.2) is 30.7 Å². The number of fused-ring (bicyclic) bond motifs is 3. The molecule has 0 amide bonds. The van der Waals surface area contributed by atoms with E-state index in [4.69, 9.17) is 0 Å². The van der Waals surface area contributed by atoms with Gasteiger partial charge in [-0.2, -0.15) is 0 Å². The minimum absolute atomic E-state index is 0.395. The maximum atomic E-state index is 4.42. The number of hydrogen-bond acceptors (Lipinski definition) is 2.